The van der Waals surface area contributed by atoms with Crippen LogP contribution < -0.4 is 0 Å². The van der Waals surface area contributed by atoms with Crippen molar-refractivity contribution in [3.05, 3.63) is 0 Å². The van der Waals surface area contributed by atoms with E-state index in [9.17, 15) is 0 Å². The molecule has 0 aromatic rings. The van der Waals surface area contributed by atoms with Gasteiger partial charge in [0.25, 0.3) is 0 Å². The molecule has 0 aliphatic heterocycles. The van der Waals surface area contributed by atoms with E-state index < -0.39 is 8.32 Å². The molecular weight excluding hydrogens is 224 g/mol. The molecule has 0 aliphatic rings. The molecule has 0 saturated heterocycles. The number of hydrogen-bond acceptors (Lipinski definition) is 1. The van der Waals surface area contributed by atoms with Crippen molar-refractivity contribution in [1.29, 1.82) is 0 Å². The van der Waals surface area contributed by atoms with E-state index in [4.69, 9.17) is 4.43 Å². The molecule has 104 valence electrons. The van der Waals surface area contributed by atoms with Crippen molar-refractivity contribution in [2.75, 3.05) is 0 Å². The third-order valence-corrected chi connectivity index (χ3v) is 10.0. The molecule has 0 unspecified atom stereocenters. The molecule has 0 aromatic carbocycles. The number of rotatable bonds is 8. The second-order valence-corrected chi connectivity index (χ2v) is 11.5. The van der Waals surface area contributed by atoms with Crippen LogP contribution in [-0.4, -0.2) is 13.9 Å². The predicted molar refractivity (Wildman–Crippen MR) is 81.1 cm³/mol. The zero-order chi connectivity index (χ0) is 13.7. The maximum Gasteiger partial charge on any atom is 0.198 e. The molecule has 0 saturated carbocycles. The minimum Gasteiger partial charge on any atom is -0.411 e. The van der Waals surface area contributed by atoms with Gasteiger partial charge in [-0.1, -0.05) is 54.4 Å². The van der Waals surface area contributed by atoms with Crippen LogP contribution in [0.2, 0.25) is 17.1 Å². The molecule has 0 heterocycles. The highest BCUT2D eigenvalue weighted by Crippen LogP contribution is 2.41. The zero-order valence-corrected chi connectivity index (χ0v) is 14.4. The van der Waals surface area contributed by atoms with E-state index in [1.54, 1.807) is 0 Å². The smallest absolute Gasteiger partial charge is 0.198 e. The lowest BCUT2D eigenvalue weighted by molar-refractivity contribution is 0.0788. The molecule has 0 N–H and O–H groups in total. The summed E-state index contributed by atoms with van der Waals surface area (Å²) in [4.78, 5) is 0. The van der Waals surface area contributed by atoms with Crippen molar-refractivity contribution in [3.8, 4) is 0 Å². The van der Waals surface area contributed by atoms with Gasteiger partial charge in [-0.25, -0.2) is 0 Å². The lowest BCUT2D eigenvalue weighted by Crippen LogP contribution is -2.50. The largest absolute Gasteiger partial charge is 0.411 e. The second kappa shape index (κ2) is 6.94. The van der Waals surface area contributed by atoms with Crippen LogP contribution in [0.5, 0.6) is 0 Å². The molecule has 0 radical (unpaired) electrons. The summed E-state index contributed by atoms with van der Waals surface area (Å²) in [5.74, 6) is 0. The first-order valence-corrected chi connectivity index (χ1v) is 9.69. The minimum atomic E-state index is -1.62. The first-order valence-electron chi connectivity index (χ1n) is 7.42. The maximum absolute atomic E-state index is 6.77. The van der Waals surface area contributed by atoms with Crippen LogP contribution in [0.15, 0.2) is 0 Å². The highest BCUT2D eigenvalue weighted by Gasteiger charge is 2.44. The summed E-state index contributed by atoms with van der Waals surface area (Å²) >= 11 is 0. The SMILES string of the molecule is CCCC(C)(C)O[Si](CCC)(C(C)C)C(C)C. The quantitative estimate of drug-likeness (QED) is 0.503. The van der Waals surface area contributed by atoms with Crippen LogP contribution in [0.4, 0.5) is 0 Å². The highest BCUT2D eigenvalue weighted by molar-refractivity contribution is 6.76. The summed E-state index contributed by atoms with van der Waals surface area (Å²) in [6.45, 7) is 18.6. The standard InChI is InChI=1S/C15H34OSi/c1-9-11-15(7,8)16-17(12-10-2,13(3)4)14(5)6/h13-14H,9-12H2,1-8H3. The first-order chi connectivity index (χ1) is 7.72. The molecule has 0 rings (SSSR count). The summed E-state index contributed by atoms with van der Waals surface area (Å²) in [6, 6.07) is 1.30. The average Bonchev–Trinajstić information content (AvgIpc) is 2.15. The Labute approximate surface area is 110 Å². The van der Waals surface area contributed by atoms with Crippen molar-refractivity contribution in [3.63, 3.8) is 0 Å². The van der Waals surface area contributed by atoms with Crippen molar-refractivity contribution in [1.82, 2.24) is 0 Å². The summed E-state index contributed by atoms with van der Waals surface area (Å²) < 4.78 is 6.77. The monoisotopic (exact) mass is 258 g/mol. The third kappa shape index (κ3) is 4.74. The predicted octanol–water partition coefficient (Wildman–Crippen LogP) is 5.76. The fraction of sp³-hybridized carbons (Fsp3) is 1.00. The summed E-state index contributed by atoms with van der Waals surface area (Å²) in [6.07, 6.45) is 3.63. The molecule has 0 bridgehead atoms. The Hall–Kier alpha value is 0.177. The maximum atomic E-state index is 6.77. The fourth-order valence-corrected chi connectivity index (χ4v) is 8.06. The van der Waals surface area contributed by atoms with Crippen LogP contribution in [-0.2, 0) is 4.43 Å². The van der Waals surface area contributed by atoms with Gasteiger partial charge in [0.2, 0.25) is 0 Å². The van der Waals surface area contributed by atoms with Gasteiger partial charge in [-0.2, -0.15) is 0 Å². The van der Waals surface area contributed by atoms with E-state index in [-0.39, 0.29) is 5.60 Å². The number of hydrogen-bond donors (Lipinski definition) is 0. The van der Waals surface area contributed by atoms with Gasteiger partial charge in [0.1, 0.15) is 0 Å². The zero-order valence-electron chi connectivity index (χ0n) is 13.4. The van der Waals surface area contributed by atoms with E-state index >= 15 is 0 Å². The molecule has 0 spiro atoms. The van der Waals surface area contributed by atoms with Crippen LogP contribution in [0.3, 0.4) is 0 Å². The molecule has 1 nitrogen and oxygen atoms in total. The lowest BCUT2D eigenvalue weighted by Gasteiger charge is -2.45. The van der Waals surface area contributed by atoms with Gasteiger partial charge in [-0.05, 0) is 37.4 Å². The molecule has 0 aliphatic carbocycles. The van der Waals surface area contributed by atoms with Crippen LogP contribution in [0.1, 0.15) is 74.7 Å². The van der Waals surface area contributed by atoms with Crippen molar-refractivity contribution < 1.29 is 4.43 Å². The normalized spacial score (nSPS) is 13.8. The van der Waals surface area contributed by atoms with E-state index in [0.717, 1.165) is 0 Å². The van der Waals surface area contributed by atoms with E-state index in [1.165, 1.54) is 25.3 Å². The summed E-state index contributed by atoms with van der Waals surface area (Å²) in [5, 5.41) is 0. The van der Waals surface area contributed by atoms with E-state index in [2.05, 4.69) is 55.4 Å². The topological polar surface area (TPSA) is 9.23 Å². The lowest BCUT2D eigenvalue weighted by atomic mass is 10.0. The molecule has 2 heteroatoms. The molecular formula is C15H34OSi. The molecule has 17 heavy (non-hydrogen) atoms. The molecule has 0 atom stereocenters. The Bertz CT molecular complexity index is 201. The van der Waals surface area contributed by atoms with E-state index in [1.807, 2.05) is 0 Å². The van der Waals surface area contributed by atoms with Crippen molar-refractivity contribution >= 4 is 8.32 Å². The molecule has 0 amide bonds. The van der Waals surface area contributed by atoms with Gasteiger partial charge in [-0.15, -0.1) is 0 Å². The van der Waals surface area contributed by atoms with Gasteiger partial charge in [-0.3, -0.25) is 0 Å². The molecule has 0 aromatic heterocycles. The van der Waals surface area contributed by atoms with Crippen LogP contribution >= 0.6 is 0 Å². The Morgan fingerprint density at radius 3 is 1.71 bits per heavy atom. The minimum absolute atomic E-state index is 0.0602. The van der Waals surface area contributed by atoms with Crippen LogP contribution in [0.25, 0.3) is 0 Å². The second-order valence-electron chi connectivity index (χ2n) is 6.63. The van der Waals surface area contributed by atoms with Gasteiger partial charge in [0.15, 0.2) is 8.32 Å². The van der Waals surface area contributed by atoms with Crippen LogP contribution in [0, 0.1) is 0 Å². The Morgan fingerprint density at radius 1 is 0.941 bits per heavy atom. The summed E-state index contributed by atoms with van der Waals surface area (Å²) in [7, 11) is -1.62. The van der Waals surface area contributed by atoms with Gasteiger partial charge >= 0.3 is 0 Å². The van der Waals surface area contributed by atoms with E-state index in [0.29, 0.717) is 11.1 Å². The van der Waals surface area contributed by atoms with Gasteiger partial charge in [0, 0.05) is 0 Å². The van der Waals surface area contributed by atoms with Crippen molar-refractivity contribution in [2.24, 2.45) is 0 Å². The summed E-state index contributed by atoms with van der Waals surface area (Å²) in [5.41, 5.74) is 1.47. The van der Waals surface area contributed by atoms with Gasteiger partial charge < -0.3 is 4.43 Å². The highest BCUT2D eigenvalue weighted by atomic mass is 28.4. The third-order valence-electron chi connectivity index (χ3n) is 3.91. The Morgan fingerprint density at radius 2 is 1.41 bits per heavy atom. The molecule has 0 fully saturated rings. The van der Waals surface area contributed by atoms with Gasteiger partial charge in [0.05, 0.1) is 5.60 Å². The first kappa shape index (κ1) is 17.2. The Balaban J connectivity index is 5.03. The average molecular weight is 259 g/mol. The van der Waals surface area contributed by atoms with Crippen molar-refractivity contribution in [2.45, 2.75) is 97.4 Å². The fourth-order valence-electron chi connectivity index (χ4n) is 3.09. The Kier molecular flexibility index (Phi) is 7.01.